The fourth-order valence-electron chi connectivity index (χ4n) is 4.35. The van der Waals surface area contributed by atoms with Crippen LogP contribution in [0.25, 0.3) is 0 Å². The molecule has 0 bridgehead atoms. The van der Waals surface area contributed by atoms with Crippen molar-refractivity contribution in [3.63, 3.8) is 0 Å². The first-order valence-electron chi connectivity index (χ1n) is 8.90. The van der Waals surface area contributed by atoms with Gasteiger partial charge in [-0.2, -0.15) is 11.8 Å². The van der Waals surface area contributed by atoms with Gasteiger partial charge in [-0.25, -0.2) is 0 Å². The van der Waals surface area contributed by atoms with E-state index in [-0.39, 0.29) is 5.60 Å². The summed E-state index contributed by atoms with van der Waals surface area (Å²) >= 11 is 2.09. The molecule has 21 heavy (non-hydrogen) atoms. The Balaban J connectivity index is 1.66. The number of hydrogen-bond donors (Lipinski definition) is 1. The van der Waals surface area contributed by atoms with Crippen molar-refractivity contribution < 1.29 is 9.47 Å². The van der Waals surface area contributed by atoms with Crippen LogP contribution in [-0.2, 0) is 9.47 Å². The molecule has 0 aromatic heterocycles. The van der Waals surface area contributed by atoms with E-state index < -0.39 is 0 Å². The normalized spacial score (nSPS) is 34.7. The third-order valence-electron chi connectivity index (χ3n) is 5.50. The number of nitrogens with one attached hydrogen (secondary N) is 1. The van der Waals surface area contributed by atoms with Gasteiger partial charge in [-0.1, -0.05) is 6.92 Å². The molecule has 1 spiro atoms. The van der Waals surface area contributed by atoms with Crippen molar-refractivity contribution in [2.75, 3.05) is 31.3 Å². The molecule has 1 N–H and O–H groups in total. The standard InChI is InChI=1S/C17H31NO2S/c1-2-18-16(15-5-3-4-9-19-15)14-6-10-20-17(13-14)7-11-21-12-8-17/h14-16,18H,2-13H2,1H3. The summed E-state index contributed by atoms with van der Waals surface area (Å²) in [5, 5.41) is 3.76. The fourth-order valence-corrected chi connectivity index (χ4v) is 5.59. The highest BCUT2D eigenvalue weighted by Gasteiger charge is 2.42. The van der Waals surface area contributed by atoms with Crippen molar-refractivity contribution in [1.29, 1.82) is 0 Å². The molecule has 122 valence electrons. The molecule has 3 aliphatic rings. The van der Waals surface area contributed by atoms with Crippen LogP contribution < -0.4 is 5.32 Å². The van der Waals surface area contributed by atoms with Gasteiger partial charge in [-0.3, -0.25) is 0 Å². The van der Waals surface area contributed by atoms with Gasteiger partial charge in [-0.05, 0) is 68.9 Å². The Hall–Kier alpha value is 0.230. The largest absolute Gasteiger partial charge is 0.377 e. The molecule has 0 aromatic rings. The van der Waals surface area contributed by atoms with Gasteiger partial charge >= 0.3 is 0 Å². The lowest BCUT2D eigenvalue weighted by Crippen LogP contribution is -2.53. The zero-order chi connectivity index (χ0) is 14.5. The van der Waals surface area contributed by atoms with Crippen LogP contribution in [0.2, 0.25) is 0 Å². The quantitative estimate of drug-likeness (QED) is 0.863. The maximum Gasteiger partial charge on any atom is 0.0730 e. The lowest BCUT2D eigenvalue weighted by Gasteiger charge is -2.47. The molecule has 3 fully saturated rings. The van der Waals surface area contributed by atoms with Gasteiger partial charge in [0.25, 0.3) is 0 Å². The average Bonchev–Trinajstić information content (AvgIpc) is 2.54. The van der Waals surface area contributed by atoms with E-state index in [2.05, 4.69) is 24.0 Å². The zero-order valence-electron chi connectivity index (χ0n) is 13.4. The summed E-state index contributed by atoms with van der Waals surface area (Å²) < 4.78 is 12.4. The number of hydrogen-bond acceptors (Lipinski definition) is 4. The van der Waals surface area contributed by atoms with Crippen molar-refractivity contribution in [2.24, 2.45) is 5.92 Å². The Morgan fingerprint density at radius 2 is 2.05 bits per heavy atom. The van der Waals surface area contributed by atoms with Crippen LogP contribution in [0.3, 0.4) is 0 Å². The molecule has 3 saturated heterocycles. The van der Waals surface area contributed by atoms with Crippen LogP contribution in [0.5, 0.6) is 0 Å². The van der Waals surface area contributed by atoms with E-state index in [1.165, 1.54) is 56.5 Å². The van der Waals surface area contributed by atoms with E-state index in [1.807, 2.05) is 0 Å². The minimum Gasteiger partial charge on any atom is -0.377 e. The van der Waals surface area contributed by atoms with Gasteiger partial charge in [-0.15, -0.1) is 0 Å². The van der Waals surface area contributed by atoms with Crippen LogP contribution >= 0.6 is 11.8 Å². The molecule has 3 atom stereocenters. The van der Waals surface area contributed by atoms with Gasteiger partial charge in [0.1, 0.15) is 0 Å². The molecule has 3 heterocycles. The lowest BCUT2D eigenvalue weighted by atomic mass is 9.76. The minimum atomic E-state index is 0.191. The van der Waals surface area contributed by atoms with Crippen molar-refractivity contribution >= 4 is 11.8 Å². The van der Waals surface area contributed by atoms with Crippen LogP contribution in [0.4, 0.5) is 0 Å². The highest BCUT2D eigenvalue weighted by molar-refractivity contribution is 7.99. The van der Waals surface area contributed by atoms with Crippen molar-refractivity contribution in [3.05, 3.63) is 0 Å². The predicted octanol–water partition coefficient (Wildman–Crippen LogP) is 3.23. The number of ether oxygens (including phenoxy) is 2. The molecular weight excluding hydrogens is 282 g/mol. The highest BCUT2D eigenvalue weighted by Crippen LogP contribution is 2.41. The van der Waals surface area contributed by atoms with E-state index in [9.17, 15) is 0 Å². The molecular formula is C17H31NO2S. The van der Waals surface area contributed by atoms with Gasteiger partial charge in [0, 0.05) is 19.3 Å². The second-order valence-electron chi connectivity index (χ2n) is 6.89. The summed E-state index contributed by atoms with van der Waals surface area (Å²) in [5.74, 6) is 3.28. The SMILES string of the molecule is CCNC(C1CCOC2(CCSCC2)C1)C1CCCCO1. The van der Waals surface area contributed by atoms with E-state index >= 15 is 0 Å². The first-order valence-corrected chi connectivity index (χ1v) is 10.1. The maximum absolute atomic E-state index is 6.27. The zero-order valence-corrected chi connectivity index (χ0v) is 14.3. The molecule has 3 aliphatic heterocycles. The molecule has 0 saturated carbocycles. The van der Waals surface area contributed by atoms with Crippen molar-refractivity contribution in [2.45, 2.75) is 69.6 Å². The van der Waals surface area contributed by atoms with Crippen LogP contribution in [0.1, 0.15) is 51.9 Å². The van der Waals surface area contributed by atoms with Gasteiger partial charge in [0.15, 0.2) is 0 Å². The third kappa shape index (κ3) is 3.95. The molecule has 0 amide bonds. The molecule has 0 aromatic carbocycles. The second-order valence-corrected chi connectivity index (χ2v) is 8.11. The van der Waals surface area contributed by atoms with Crippen LogP contribution in [0, 0.1) is 5.92 Å². The topological polar surface area (TPSA) is 30.5 Å². The molecule has 4 heteroatoms. The summed E-state index contributed by atoms with van der Waals surface area (Å²) in [6, 6.07) is 0.533. The lowest BCUT2D eigenvalue weighted by molar-refractivity contribution is -0.119. The third-order valence-corrected chi connectivity index (χ3v) is 6.48. The molecule has 3 nitrogen and oxygen atoms in total. The number of likely N-dealkylation sites (N-methyl/N-ethyl adjacent to an activating group) is 1. The van der Waals surface area contributed by atoms with Gasteiger partial charge in [0.2, 0.25) is 0 Å². The first kappa shape index (κ1) is 16.1. The van der Waals surface area contributed by atoms with E-state index in [1.54, 1.807) is 0 Å². The fraction of sp³-hybridized carbons (Fsp3) is 1.00. The Kier molecular flexibility index (Phi) is 5.88. The molecule has 3 unspecified atom stereocenters. The van der Waals surface area contributed by atoms with Crippen molar-refractivity contribution in [1.82, 2.24) is 5.32 Å². The van der Waals surface area contributed by atoms with Gasteiger partial charge in [0.05, 0.1) is 11.7 Å². The predicted molar refractivity (Wildman–Crippen MR) is 89.0 cm³/mol. The average molecular weight is 314 g/mol. The monoisotopic (exact) mass is 313 g/mol. The van der Waals surface area contributed by atoms with Crippen molar-refractivity contribution in [3.8, 4) is 0 Å². The Bertz CT molecular complexity index is 308. The molecule has 3 rings (SSSR count). The van der Waals surface area contributed by atoms with E-state index in [0.29, 0.717) is 12.1 Å². The summed E-state index contributed by atoms with van der Waals surface area (Å²) in [4.78, 5) is 0. The van der Waals surface area contributed by atoms with E-state index in [0.717, 1.165) is 25.7 Å². The van der Waals surface area contributed by atoms with Crippen LogP contribution in [0.15, 0.2) is 0 Å². The summed E-state index contributed by atoms with van der Waals surface area (Å²) in [6.45, 7) is 5.18. The first-order chi connectivity index (χ1) is 10.3. The Morgan fingerprint density at radius 1 is 1.19 bits per heavy atom. The van der Waals surface area contributed by atoms with Crippen LogP contribution in [-0.4, -0.2) is 49.0 Å². The highest BCUT2D eigenvalue weighted by atomic mass is 32.2. The number of thioether (sulfide) groups is 1. The second kappa shape index (κ2) is 7.67. The smallest absolute Gasteiger partial charge is 0.0730 e. The Morgan fingerprint density at radius 3 is 2.76 bits per heavy atom. The summed E-state index contributed by atoms with van der Waals surface area (Å²) in [5.41, 5.74) is 0.191. The minimum absolute atomic E-state index is 0.191. The van der Waals surface area contributed by atoms with E-state index in [4.69, 9.17) is 9.47 Å². The molecule has 0 radical (unpaired) electrons. The number of rotatable bonds is 4. The summed E-state index contributed by atoms with van der Waals surface area (Å²) in [7, 11) is 0. The van der Waals surface area contributed by atoms with Gasteiger partial charge < -0.3 is 14.8 Å². The molecule has 0 aliphatic carbocycles. The Labute approximate surface area is 133 Å². The summed E-state index contributed by atoms with van der Waals surface area (Å²) in [6.07, 6.45) is 9.17. The maximum atomic E-state index is 6.27.